The molecule has 0 spiro atoms. The number of hydrogen-bond donors (Lipinski definition) is 1. The molecule has 1 aromatic carbocycles. The van der Waals surface area contributed by atoms with Crippen LogP contribution in [0, 0.1) is 0 Å². The van der Waals surface area contributed by atoms with E-state index in [-0.39, 0.29) is 0 Å². The maximum absolute atomic E-state index is 10.3. The van der Waals surface area contributed by atoms with Gasteiger partial charge in [-0.1, -0.05) is 25.3 Å². The van der Waals surface area contributed by atoms with Crippen LogP contribution < -0.4 is 9.47 Å². The minimum Gasteiger partial charge on any atom is -0.490 e. The fourth-order valence-electron chi connectivity index (χ4n) is 2.94. The van der Waals surface area contributed by atoms with Crippen LogP contribution in [-0.2, 0) is 4.74 Å². The van der Waals surface area contributed by atoms with Crippen LogP contribution in [0.25, 0.3) is 0 Å². The molecule has 1 aromatic rings. The van der Waals surface area contributed by atoms with Gasteiger partial charge in [-0.05, 0) is 30.5 Å². The fraction of sp³-hybridized carbons (Fsp3) is 0.647. The zero-order valence-corrected chi connectivity index (χ0v) is 12.4. The van der Waals surface area contributed by atoms with E-state index < -0.39 is 6.10 Å². The van der Waals surface area contributed by atoms with Gasteiger partial charge in [-0.25, -0.2) is 0 Å². The first-order valence-corrected chi connectivity index (χ1v) is 8.02. The minimum atomic E-state index is -0.607. The Hall–Kier alpha value is -1.26. The summed E-state index contributed by atoms with van der Waals surface area (Å²) in [6.45, 7) is 1.69. The van der Waals surface area contributed by atoms with Crippen molar-refractivity contribution in [2.24, 2.45) is 0 Å². The molecule has 1 fully saturated rings. The van der Waals surface area contributed by atoms with Gasteiger partial charge in [0, 0.05) is 6.42 Å². The lowest BCUT2D eigenvalue weighted by atomic mass is 9.98. The summed E-state index contributed by atoms with van der Waals surface area (Å²) in [5.74, 6) is 1.48. The second-order valence-corrected chi connectivity index (χ2v) is 5.87. The molecule has 1 heterocycles. The smallest absolute Gasteiger partial charge is 0.161 e. The monoisotopic (exact) mass is 292 g/mol. The normalized spacial score (nSPS) is 20.8. The molecule has 116 valence electrons. The number of hydrogen-bond acceptors (Lipinski definition) is 4. The van der Waals surface area contributed by atoms with E-state index in [1.807, 2.05) is 18.2 Å². The number of fused-ring (bicyclic) bond motifs is 1. The van der Waals surface area contributed by atoms with Gasteiger partial charge in [-0.15, -0.1) is 0 Å². The first kappa shape index (κ1) is 14.7. The van der Waals surface area contributed by atoms with E-state index in [1.54, 1.807) is 0 Å². The van der Waals surface area contributed by atoms with Crippen molar-refractivity contribution in [1.29, 1.82) is 0 Å². The predicted molar refractivity (Wildman–Crippen MR) is 79.8 cm³/mol. The number of aliphatic hydroxyl groups excluding tert-OH is 1. The summed E-state index contributed by atoms with van der Waals surface area (Å²) in [5.41, 5.74) is 0.829. The van der Waals surface area contributed by atoms with Gasteiger partial charge in [0.05, 0.1) is 25.9 Å². The van der Waals surface area contributed by atoms with E-state index in [2.05, 4.69) is 0 Å². The molecule has 1 aliphatic carbocycles. The molecular weight excluding hydrogens is 268 g/mol. The molecule has 0 radical (unpaired) electrons. The summed E-state index contributed by atoms with van der Waals surface area (Å²) in [6, 6.07) is 5.64. The van der Waals surface area contributed by atoms with E-state index in [1.165, 1.54) is 19.3 Å². The molecule has 21 heavy (non-hydrogen) atoms. The minimum absolute atomic E-state index is 0.314. The van der Waals surface area contributed by atoms with Crippen molar-refractivity contribution < 1.29 is 19.3 Å². The largest absolute Gasteiger partial charge is 0.490 e. The van der Waals surface area contributed by atoms with Crippen molar-refractivity contribution in [1.82, 2.24) is 0 Å². The lowest BCUT2D eigenvalue weighted by Gasteiger charge is -2.23. The standard InChI is InChI=1S/C17H24O4/c18-15(12-21-14-5-2-1-3-6-14)13-7-8-16-17(11-13)20-10-4-9-19-16/h7-8,11,14-15,18H,1-6,9-10,12H2. The van der Waals surface area contributed by atoms with Crippen LogP contribution in [0.4, 0.5) is 0 Å². The summed E-state index contributed by atoms with van der Waals surface area (Å²) in [6.07, 6.45) is 6.62. The zero-order chi connectivity index (χ0) is 14.5. The number of rotatable bonds is 4. The van der Waals surface area contributed by atoms with Gasteiger partial charge in [0.1, 0.15) is 6.10 Å². The summed E-state index contributed by atoms with van der Waals surface area (Å²) in [7, 11) is 0. The first-order chi connectivity index (χ1) is 10.3. The summed E-state index contributed by atoms with van der Waals surface area (Å²) >= 11 is 0. The summed E-state index contributed by atoms with van der Waals surface area (Å²) in [5, 5.41) is 10.3. The highest BCUT2D eigenvalue weighted by atomic mass is 16.5. The highest BCUT2D eigenvalue weighted by molar-refractivity contribution is 5.44. The predicted octanol–water partition coefficient (Wildman–Crippen LogP) is 3.23. The molecule has 1 unspecified atom stereocenters. The quantitative estimate of drug-likeness (QED) is 0.925. The Kier molecular flexibility index (Phi) is 4.99. The second-order valence-electron chi connectivity index (χ2n) is 5.87. The van der Waals surface area contributed by atoms with E-state index >= 15 is 0 Å². The third kappa shape index (κ3) is 3.89. The molecule has 0 bridgehead atoms. The van der Waals surface area contributed by atoms with Crippen molar-refractivity contribution >= 4 is 0 Å². The van der Waals surface area contributed by atoms with Crippen molar-refractivity contribution in [2.45, 2.75) is 50.7 Å². The Balaban J connectivity index is 1.58. The summed E-state index contributed by atoms with van der Waals surface area (Å²) in [4.78, 5) is 0. The molecule has 2 aliphatic rings. The van der Waals surface area contributed by atoms with E-state index in [0.29, 0.717) is 25.9 Å². The van der Waals surface area contributed by atoms with Gasteiger partial charge in [-0.2, -0.15) is 0 Å². The molecule has 1 saturated carbocycles. The van der Waals surface area contributed by atoms with Crippen molar-refractivity contribution in [3.8, 4) is 11.5 Å². The average Bonchev–Trinajstić information content (AvgIpc) is 2.78. The number of aliphatic hydroxyl groups is 1. The van der Waals surface area contributed by atoms with Gasteiger partial charge in [0.25, 0.3) is 0 Å². The maximum atomic E-state index is 10.3. The molecular formula is C17H24O4. The molecule has 0 amide bonds. The molecule has 4 heteroatoms. The molecule has 1 N–H and O–H groups in total. The number of benzene rings is 1. The molecule has 0 aromatic heterocycles. The second kappa shape index (κ2) is 7.14. The molecule has 1 atom stereocenters. The zero-order valence-electron chi connectivity index (χ0n) is 12.4. The molecule has 3 rings (SSSR count). The van der Waals surface area contributed by atoms with Gasteiger partial charge >= 0.3 is 0 Å². The van der Waals surface area contributed by atoms with E-state index in [9.17, 15) is 5.11 Å². The molecule has 0 saturated heterocycles. The van der Waals surface area contributed by atoms with Crippen LogP contribution >= 0.6 is 0 Å². The Labute approximate surface area is 126 Å². The third-order valence-corrected chi connectivity index (χ3v) is 4.20. The van der Waals surface area contributed by atoms with Crippen LogP contribution in [0.2, 0.25) is 0 Å². The van der Waals surface area contributed by atoms with Crippen LogP contribution in [0.15, 0.2) is 18.2 Å². The highest BCUT2D eigenvalue weighted by Crippen LogP contribution is 2.32. The maximum Gasteiger partial charge on any atom is 0.161 e. The Bertz CT molecular complexity index is 454. The van der Waals surface area contributed by atoms with E-state index in [0.717, 1.165) is 36.3 Å². The van der Waals surface area contributed by atoms with E-state index in [4.69, 9.17) is 14.2 Å². The van der Waals surface area contributed by atoms with Crippen molar-refractivity contribution in [3.63, 3.8) is 0 Å². The topological polar surface area (TPSA) is 47.9 Å². The van der Waals surface area contributed by atoms with Crippen LogP contribution in [0.3, 0.4) is 0 Å². The average molecular weight is 292 g/mol. The van der Waals surface area contributed by atoms with Crippen LogP contribution in [0.1, 0.15) is 50.2 Å². The van der Waals surface area contributed by atoms with Crippen LogP contribution in [-0.4, -0.2) is 31.0 Å². The Morgan fingerprint density at radius 2 is 1.81 bits per heavy atom. The Morgan fingerprint density at radius 3 is 2.62 bits per heavy atom. The first-order valence-electron chi connectivity index (χ1n) is 8.02. The molecule has 1 aliphatic heterocycles. The van der Waals surface area contributed by atoms with Gasteiger partial charge in [-0.3, -0.25) is 0 Å². The number of ether oxygens (including phenoxy) is 3. The lowest BCUT2D eigenvalue weighted by molar-refractivity contribution is -0.0246. The highest BCUT2D eigenvalue weighted by Gasteiger charge is 2.18. The van der Waals surface area contributed by atoms with Gasteiger partial charge < -0.3 is 19.3 Å². The van der Waals surface area contributed by atoms with Crippen molar-refractivity contribution in [2.75, 3.05) is 19.8 Å². The van der Waals surface area contributed by atoms with Crippen LogP contribution in [0.5, 0.6) is 11.5 Å². The molecule has 4 nitrogen and oxygen atoms in total. The Morgan fingerprint density at radius 1 is 1.05 bits per heavy atom. The van der Waals surface area contributed by atoms with Crippen molar-refractivity contribution in [3.05, 3.63) is 23.8 Å². The third-order valence-electron chi connectivity index (χ3n) is 4.20. The fourth-order valence-corrected chi connectivity index (χ4v) is 2.94. The van der Waals surface area contributed by atoms with Gasteiger partial charge in [0.15, 0.2) is 11.5 Å². The van der Waals surface area contributed by atoms with Gasteiger partial charge in [0.2, 0.25) is 0 Å². The lowest BCUT2D eigenvalue weighted by Crippen LogP contribution is -2.20. The SMILES string of the molecule is OC(COC1CCCCC1)c1ccc2c(c1)OCCCO2. The summed E-state index contributed by atoms with van der Waals surface area (Å²) < 4.78 is 17.1.